The molecular weight excluding hydrogens is 388 g/mol. The van der Waals surface area contributed by atoms with Gasteiger partial charge in [-0.15, -0.1) is 0 Å². The van der Waals surface area contributed by atoms with Crippen LogP contribution in [0.3, 0.4) is 0 Å². The molecule has 1 aromatic rings. The third kappa shape index (κ3) is 7.45. The van der Waals surface area contributed by atoms with Gasteiger partial charge in [-0.3, -0.25) is 0 Å². The summed E-state index contributed by atoms with van der Waals surface area (Å²) in [6.45, 7) is 1.82. The minimum atomic E-state index is -0.943. The molecule has 0 saturated heterocycles. The molecule has 2 N–H and O–H groups in total. The molecule has 0 radical (unpaired) electrons. The highest BCUT2D eigenvalue weighted by molar-refractivity contribution is 9.11. The molecule has 2 rings (SSSR count). The van der Waals surface area contributed by atoms with Crippen LogP contribution >= 0.6 is 15.9 Å². The highest BCUT2D eigenvalue weighted by Crippen LogP contribution is 2.25. The lowest BCUT2D eigenvalue weighted by molar-refractivity contribution is 0.0731. The number of rotatable bonds is 7. The van der Waals surface area contributed by atoms with Gasteiger partial charge >= 0.3 is 0 Å². The van der Waals surface area contributed by atoms with Gasteiger partial charge in [0.2, 0.25) is 0 Å². The second-order valence-electron chi connectivity index (χ2n) is 6.92. The highest BCUT2D eigenvalue weighted by atomic mass is 79.9. The summed E-state index contributed by atoms with van der Waals surface area (Å²) in [5.41, 5.74) is 1.82. The quantitative estimate of drug-likeness (QED) is 0.552. The molecule has 0 unspecified atom stereocenters. The minimum Gasteiger partial charge on any atom is -0.386 e. The van der Waals surface area contributed by atoms with E-state index in [0.29, 0.717) is 5.92 Å². The van der Waals surface area contributed by atoms with Gasteiger partial charge in [-0.1, -0.05) is 95.9 Å². The van der Waals surface area contributed by atoms with Crippen LogP contribution in [0.25, 0.3) is 6.08 Å². The summed E-state index contributed by atoms with van der Waals surface area (Å²) in [7, 11) is 0. The summed E-state index contributed by atoms with van der Waals surface area (Å²) in [5, 5.41) is 20.6. The first-order valence-electron chi connectivity index (χ1n) is 9.38. The van der Waals surface area contributed by atoms with Crippen molar-refractivity contribution < 1.29 is 10.2 Å². The van der Waals surface area contributed by atoms with Crippen molar-refractivity contribution in [2.24, 2.45) is 5.92 Å². The van der Waals surface area contributed by atoms with Crippen molar-refractivity contribution >= 4 is 22.0 Å². The lowest BCUT2D eigenvalue weighted by Crippen LogP contribution is -2.25. The first kappa shape index (κ1) is 20.9. The number of aliphatic hydroxyl groups is 2. The van der Waals surface area contributed by atoms with Crippen molar-refractivity contribution in [1.82, 2.24) is 0 Å². The summed E-state index contributed by atoms with van der Waals surface area (Å²) in [4.78, 5) is 0. The first-order chi connectivity index (χ1) is 12.6. The van der Waals surface area contributed by atoms with Gasteiger partial charge in [-0.25, -0.2) is 0 Å². The van der Waals surface area contributed by atoms with Crippen molar-refractivity contribution in [2.45, 2.75) is 51.2 Å². The Labute approximate surface area is 165 Å². The number of hydrogen-bond acceptors (Lipinski definition) is 2. The molecule has 0 spiro atoms. The van der Waals surface area contributed by atoms with Crippen LogP contribution in [0.2, 0.25) is 0 Å². The van der Waals surface area contributed by atoms with E-state index in [-0.39, 0.29) is 0 Å². The molecule has 1 saturated carbocycles. The summed E-state index contributed by atoms with van der Waals surface area (Å²) in [6.07, 6.45) is 16.1. The maximum Gasteiger partial charge on any atom is 0.105 e. The second kappa shape index (κ2) is 11.3. The first-order valence-corrected chi connectivity index (χ1v) is 10.2. The zero-order chi connectivity index (χ0) is 18.8. The molecular formula is C23H29BrO2. The van der Waals surface area contributed by atoms with Crippen molar-refractivity contribution in [3.05, 3.63) is 76.3 Å². The molecule has 2 nitrogen and oxygen atoms in total. The Morgan fingerprint density at radius 2 is 1.81 bits per heavy atom. The molecule has 2 atom stereocenters. The Hall–Kier alpha value is -1.42. The van der Waals surface area contributed by atoms with Crippen molar-refractivity contribution in [3.8, 4) is 0 Å². The van der Waals surface area contributed by atoms with Crippen LogP contribution in [0.4, 0.5) is 0 Å². The number of halogens is 1. The lowest BCUT2D eigenvalue weighted by atomic mass is 9.89. The lowest BCUT2D eigenvalue weighted by Gasteiger charge is -2.18. The van der Waals surface area contributed by atoms with E-state index < -0.39 is 12.2 Å². The third-order valence-corrected chi connectivity index (χ3v) is 5.27. The topological polar surface area (TPSA) is 40.5 Å². The fourth-order valence-electron chi connectivity index (χ4n) is 3.11. The summed E-state index contributed by atoms with van der Waals surface area (Å²) in [5.74, 6) is 0.636. The van der Waals surface area contributed by atoms with E-state index in [1.54, 1.807) is 6.08 Å². The molecule has 0 aromatic heterocycles. The molecule has 140 valence electrons. The van der Waals surface area contributed by atoms with Crippen LogP contribution in [0.1, 0.15) is 44.6 Å². The Balaban J connectivity index is 1.89. The largest absolute Gasteiger partial charge is 0.386 e. The zero-order valence-electron chi connectivity index (χ0n) is 15.4. The Morgan fingerprint density at radius 3 is 2.50 bits per heavy atom. The van der Waals surface area contributed by atoms with Crippen LogP contribution in [0.15, 0.2) is 70.8 Å². The van der Waals surface area contributed by atoms with Gasteiger partial charge in [0.15, 0.2) is 0 Å². The minimum absolute atomic E-state index is 0.636. The van der Waals surface area contributed by atoms with E-state index in [4.69, 9.17) is 0 Å². The van der Waals surface area contributed by atoms with Gasteiger partial charge in [-0.05, 0) is 42.9 Å². The molecule has 26 heavy (non-hydrogen) atoms. The molecule has 0 heterocycles. The van der Waals surface area contributed by atoms with Crippen LogP contribution < -0.4 is 0 Å². The normalized spacial score (nSPS) is 20.0. The predicted octanol–water partition coefficient (Wildman–Crippen LogP) is 5.78. The number of benzene rings is 1. The standard InChI is InChI=1S/C23H29BrO2/c1-18(9-8-14-19-10-4-2-5-11-19)23(26)22(25)17-21(24)16-15-20-12-6-3-7-13-20/h2,4-5,8-11,14-17,20,22-23,25-26H,3,6-7,12-13H2,1H3/b14-8+,16-15+,18-9+,21-17-/t22-,23-/m1/s1. The van der Waals surface area contributed by atoms with Gasteiger partial charge in [-0.2, -0.15) is 0 Å². The maximum absolute atomic E-state index is 10.3. The second-order valence-corrected chi connectivity index (χ2v) is 7.84. The molecule has 3 heteroatoms. The van der Waals surface area contributed by atoms with Crippen molar-refractivity contribution in [3.63, 3.8) is 0 Å². The molecule has 1 aromatic carbocycles. The Morgan fingerprint density at radius 1 is 1.12 bits per heavy atom. The van der Waals surface area contributed by atoms with Crippen LogP contribution in [-0.2, 0) is 0 Å². The van der Waals surface area contributed by atoms with Crippen molar-refractivity contribution in [2.75, 3.05) is 0 Å². The van der Waals surface area contributed by atoms with E-state index in [0.717, 1.165) is 15.6 Å². The van der Waals surface area contributed by atoms with Crippen LogP contribution in [-0.4, -0.2) is 22.4 Å². The summed E-state index contributed by atoms with van der Waals surface area (Å²) in [6, 6.07) is 9.98. The average Bonchev–Trinajstić information content (AvgIpc) is 2.67. The van der Waals surface area contributed by atoms with Gasteiger partial charge in [0.25, 0.3) is 0 Å². The molecule has 1 aliphatic rings. The molecule has 0 bridgehead atoms. The molecule has 1 aliphatic carbocycles. The average molecular weight is 417 g/mol. The predicted molar refractivity (Wildman–Crippen MR) is 114 cm³/mol. The summed E-state index contributed by atoms with van der Waals surface area (Å²) < 4.78 is 0.808. The van der Waals surface area contributed by atoms with E-state index in [1.807, 2.05) is 61.6 Å². The van der Waals surface area contributed by atoms with E-state index >= 15 is 0 Å². The smallest absolute Gasteiger partial charge is 0.105 e. The third-order valence-electron chi connectivity index (χ3n) is 4.74. The fraction of sp³-hybridized carbons (Fsp3) is 0.391. The molecule has 0 aliphatic heterocycles. The number of allylic oxidation sites excluding steroid dienone is 5. The fourth-order valence-corrected chi connectivity index (χ4v) is 3.53. The molecule has 1 fully saturated rings. The Bertz CT molecular complexity index is 652. The highest BCUT2D eigenvalue weighted by Gasteiger charge is 2.15. The zero-order valence-corrected chi connectivity index (χ0v) is 17.0. The Kier molecular flexibility index (Phi) is 9.10. The number of hydrogen-bond donors (Lipinski definition) is 2. The van der Waals surface area contributed by atoms with E-state index in [2.05, 4.69) is 22.0 Å². The van der Waals surface area contributed by atoms with E-state index in [9.17, 15) is 10.2 Å². The monoisotopic (exact) mass is 416 g/mol. The molecule has 0 amide bonds. The maximum atomic E-state index is 10.3. The van der Waals surface area contributed by atoms with E-state index in [1.165, 1.54) is 32.1 Å². The summed E-state index contributed by atoms with van der Waals surface area (Å²) >= 11 is 3.48. The SMILES string of the molecule is C/C(=C\C=C\c1ccccc1)[C@@H](O)[C@H](O)/C=C(Br)/C=C/C1CCCCC1. The van der Waals surface area contributed by atoms with Crippen LogP contribution in [0.5, 0.6) is 0 Å². The van der Waals surface area contributed by atoms with Gasteiger partial charge in [0.1, 0.15) is 12.2 Å². The van der Waals surface area contributed by atoms with Gasteiger partial charge in [0, 0.05) is 4.48 Å². The van der Waals surface area contributed by atoms with Crippen molar-refractivity contribution in [1.29, 1.82) is 0 Å². The van der Waals surface area contributed by atoms with Crippen LogP contribution in [0, 0.1) is 5.92 Å². The van der Waals surface area contributed by atoms with Gasteiger partial charge < -0.3 is 10.2 Å². The number of aliphatic hydroxyl groups excluding tert-OH is 2. The van der Waals surface area contributed by atoms with Gasteiger partial charge in [0.05, 0.1) is 0 Å².